The molecule has 1 aromatic rings. The van der Waals surface area contributed by atoms with Gasteiger partial charge in [0.15, 0.2) is 0 Å². The van der Waals surface area contributed by atoms with Crippen LogP contribution in [0.25, 0.3) is 0 Å². The molecule has 0 aromatic heterocycles. The highest BCUT2D eigenvalue weighted by Gasteiger charge is 2.30. The molecule has 1 unspecified atom stereocenters. The number of carbonyl (C=O) groups is 1. The van der Waals surface area contributed by atoms with Gasteiger partial charge >= 0.3 is 0 Å². The first-order valence-electron chi connectivity index (χ1n) is 9.38. The number of nitrogens with one attached hydrogen (secondary N) is 1. The van der Waals surface area contributed by atoms with Gasteiger partial charge in [-0.25, -0.2) is 4.72 Å². The van der Waals surface area contributed by atoms with Crippen molar-refractivity contribution >= 4 is 40.4 Å². The van der Waals surface area contributed by atoms with Gasteiger partial charge in [0.1, 0.15) is 11.9 Å². The molecule has 2 aliphatic heterocycles. The van der Waals surface area contributed by atoms with Crippen molar-refractivity contribution in [3.05, 3.63) is 28.2 Å². The van der Waals surface area contributed by atoms with Gasteiger partial charge in [0.25, 0.3) is 0 Å². The van der Waals surface area contributed by atoms with Crippen LogP contribution in [0.3, 0.4) is 0 Å². The molecule has 0 bridgehead atoms. The molecule has 0 spiro atoms. The standard InChI is InChI=1S/C18H25Cl2N3O4S/c19-16-2-1-15(11-17(16)20)27-14-5-9-22(10-6-14)13-3-7-23(8-4-13)18(24)12-21-28(25)26/h1-2,11,13-14,21H,3-10,12H2,(H,25,26)/p-1. The predicted octanol–water partition coefficient (Wildman–Crippen LogP) is 2.21. The Kier molecular flexibility index (Phi) is 7.96. The van der Waals surface area contributed by atoms with Crippen LogP contribution in [0.1, 0.15) is 25.7 Å². The highest BCUT2D eigenvalue weighted by molar-refractivity contribution is 7.77. The van der Waals surface area contributed by atoms with E-state index in [0.717, 1.165) is 44.5 Å². The van der Waals surface area contributed by atoms with Crippen LogP contribution in [0.4, 0.5) is 0 Å². The summed E-state index contributed by atoms with van der Waals surface area (Å²) < 4.78 is 29.2. The minimum atomic E-state index is -2.40. The lowest BCUT2D eigenvalue weighted by atomic mass is 9.98. The second kappa shape index (κ2) is 10.2. The molecule has 156 valence electrons. The van der Waals surface area contributed by atoms with E-state index in [1.54, 1.807) is 17.0 Å². The quantitative estimate of drug-likeness (QED) is 0.674. The highest BCUT2D eigenvalue weighted by atomic mass is 35.5. The van der Waals surface area contributed by atoms with Gasteiger partial charge < -0.3 is 14.2 Å². The van der Waals surface area contributed by atoms with Crippen LogP contribution in [0.5, 0.6) is 5.75 Å². The number of piperidine rings is 2. The van der Waals surface area contributed by atoms with E-state index in [1.165, 1.54) is 0 Å². The Morgan fingerprint density at radius 1 is 1.14 bits per heavy atom. The minimum absolute atomic E-state index is 0.161. The van der Waals surface area contributed by atoms with E-state index < -0.39 is 11.3 Å². The predicted molar refractivity (Wildman–Crippen MR) is 108 cm³/mol. The smallest absolute Gasteiger partial charge is 0.237 e. The summed E-state index contributed by atoms with van der Waals surface area (Å²) in [6.07, 6.45) is 3.86. The van der Waals surface area contributed by atoms with E-state index in [9.17, 15) is 13.6 Å². The molecule has 2 fully saturated rings. The van der Waals surface area contributed by atoms with Gasteiger partial charge in [-0.1, -0.05) is 23.2 Å². The number of likely N-dealkylation sites (tertiary alicyclic amines) is 2. The monoisotopic (exact) mass is 448 g/mol. The summed E-state index contributed by atoms with van der Waals surface area (Å²) in [6, 6.07) is 5.79. The molecule has 1 N–H and O–H groups in total. The number of nitrogens with zero attached hydrogens (tertiary/aromatic N) is 2. The van der Waals surface area contributed by atoms with Gasteiger partial charge in [0, 0.05) is 49.6 Å². The number of rotatable bonds is 6. The van der Waals surface area contributed by atoms with Gasteiger partial charge in [-0.05, 0) is 37.8 Å². The van der Waals surface area contributed by atoms with E-state index in [4.69, 9.17) is 27.9 Å². The molecule has 1 aromatic carbocycles. The molecule has 1 atom stereocenters. The van der Waals surface area contributed by atoms with E-state index in [-0.39, 0.29) is 18.6 Å². The lowest BCUT2D eigenvalue weighted by Crippen LogP contribution is -2.51. The SMILES string of the molecule is O=C(CNS(=O)[O-])N1CCC(N2CCC(Oc3ccc(Cl)c(Cl)c3)CC2)CC1. The summed E-state index contributed by atoms with van der Waals surface area (Å²) in [7, 11) is 0. The van der Waals surface area contributed by atoms with E-state index in [2.05, 4.69) is 9.62 Å². The molecule has 1 amide bonds. The first kappa shape index (κ1) is 21.8. The maximum absolute atomic E-state index is 12.0. The van der Waals surface area contributed by atoms with Crippen LogP contribution >= 0.6 is 23.2 Å². The van der Waals surface area contributed by atoms with Crippen molar-refractivity contribution in [3.63, 3.8) is 0 Å². The first-order chi connectivity index (χ1) is 13.4. The molecular formula is C18H24Cl2N3O4S-. The maximum Gasteiger partial charge on any atom is 0.237 e. The van der Waals surface area contributed by atoms with Crippen LogP contribution in [0.2, 0.25) is 10.0 Å². The highest BCUT2D eigenvalue weighted by Crippen LogP contribution is 2.29. The van der Waals surface area contributed by atoms with Gasteiger partial charge in [-0.15, -0.1) is 0 Å². The molecule has 7 nitrogen and oxygen atoms in total. The number of halogens is 2. The fraction of sp³-hybridized carbons (Fsp3) is 0.611. The van der Waals surface area contributed by atoms with Crippen molar-refractivity contribution in [2.45, 2.75) is 37.8 Å². The summed E-state index contributed by atoms with van der Waals surface area (Å²) in [5.41, 5.74) is 0. The number of hydrogen-bond donors (Lipinski definition) is 1. The molecule has 2 heterocycles. The van der Waals surface area contributed by atoms with Crippen molar-refractivity contribution in [1.82, 2.24) is 14.5 Å². The van der Waals surface area contributed by atoms with Gasteiger partial charge in [-0.2, -0.15) is 0 Å². The third-order valence-corrected chi connectivity index (χ3v) is 6.46. The molecule has 0 saturated carbocycles. The van der Waals surface area contributed by atoms with E-state index >= 15 is 0 Å². The molecule has 0 aliphatic carbocycles. The van der Waals surface area contributed by atoms with Crippen LogP contribution in [0.15, 0.2) is 18.2 Å². The summed E-state index contributed by atoms with van der Waals surface area (Å²) in [6.45, 7) is 3.08. The van der Waals surface area contributed by atoms with Crippen LogP contribution in [0, 0.1) is 0 Å². The van der Waals surface area contributed by atoms with Crippen molar-refractivity contribution < 1.29 is 18.3 Å². The lowest BCUT2D eigenvalue weighted by Gasteiger charge is -2.41. The van der Waals surface area contributed by atoms with Crippen molar-refractivity contribution in [2.75, 3.05) is 32.7 Å². The molecular weight excluding hydrogens is 425 g/mol. The second-order valence-corrected chi connectivity index (χ2v) is 8.67. The zero-order valence-electron chi connectivity index (χ0n) is 15.4. The van der Waals surface area contributed by atoms with E-state index in [1.807, 2.05) is 6.07 Å². The molecule has 0 radical (unpaired) electrons. The topological polar surface area (TPSA) is 84.9 Å². The Labute approximate surface area is 177 Å². The average Bonchev–Trinajstić information content (AvgIpc) is 2.70. The number of hydrogen-bond acceptors (Lipinski definition) is 5. The first-order valence-corrected chi connectivity index (χ1v) is 11.2. The summed E-state index contributed by atoms with van der Waals surface area (Å²) >= 11 is 9.58. The fourth-order valence-electron chi connectivity index (χ4n) is 3.81. The van der Waals surface area contributed by atoms with Gasteiger partial charge in [0.2, 0.25) is 5.91 Å². The Hall–Kier alpha value is -0.900. The zero-order chi connectivity index (χ0) is 20.1. The maximum atomic E-state index is 12.0. The summed E-state index contributed by atoms with van der Waals surface area (Å²) in [5.74, 6) is 0.573. The molecule has 28 heavy (non-hydrogen) atoms. The van der Waals surface area contributed by atoms with Crippen LogP contribution < -0.4 is 9.46 Å². The Morgan fingerprint density at radius 2 is 1.82 bits per heavy atom. The van der Waals surface area contributed by atoms with Gasteiger partial charge in [0.05, 0.1) is 16.6 Å². The third kappa shape index (κ3) is 6.05. The van der Waals surface area contributed by atoms with Crippen molar-refractivity contribution in [3.8, 4) is 5.75 Å². The largest absolute Gasteiger partial charge is 0.760 e. The normalized spacial score (nSPS) is 20.9. The number of benzene rings is 1. The zero-order valence-corrected chi connectivity index (χ0v) is 17.8. The van der Waals surface area contributed by atoms with Gasteiger partial charge in [-0.3, -0.25) is 13.9 Å². The number of amides is 1. The van der Waals surface area contributed by atoms with Crippen molar-refractivity contribution in [1.29, 1.82) is 0 Å². The molecule has 3 rings (SSSR count). The van der Waals surface area contributed by atoms with Crippen molar-refractivity contribution in [2.24, 2.45) is 0 Å². The molecule has 2 saturated heterocycles. The molecule has 10 heteroatoms. The minimum Gasteiger partial charge on any atom is -0.760 e. The Balaban J connectivity index is 1.40. The Morgan fingerprint density at radius 3 is 2.43 bits per heavy atom. The lowest BCUT2D eigenvalue weighted by molar-refractivity contribution is -0.131. The average molecular weight is 449 g/mol. The summed E-state index contributed by atoms with van der Waals surface area (Å²) in [4.78, 5) is 16.2. The number of ether oxygens (including phenoxy) is 1. The van der Waals surface area contributed by atoms with E-state index in [0.29, 0.717) is 29.2 Å². The Bertz CT molecular complexity index is 708. The fourth-order valence-corrected chi connectivity index (χ4v) is 4.34. The number of carbonyl (C=O) groups excluding carboxylic acids is 1. The second-order valence-electron chi connectivity index (χ2n) is 7.10. The third-order valence-electron chi connectivity index (χ3n) is 5.35. The van der Waals surface area contributed by atoms with Crippen LogP contribution in [-0.2, 0) is 16.1 Å². The summed E-state index contributed by atoms with van der Waals surface area (Å²) in [5, 5.41) is 1.01. The molecule has 2 aliphatic rings. The van der Waals surface area contributed by atoms with Crippen LogP contribution in [-0.4, -0.2) is 69.3 Å².